The van der Waals surface area contributed by atoms with Gasteiger partial charge in [-0.1, -0.05) is 112 Å². The van der Waals surface area contributed by atoms with Gasteiger partial charge in [0.1, 0.15) is 6.54 Å². The summed E-state index contributed by atoms with van der Waals surface area (Å²) >= 11 is 0. The van der Waals surface area contributed by atoms with Crippen LogP contribution in [0, 0.1) is 5.21 Å². The third-order valence-electron chi connectivity index (χ3n) is 7.99. The summed E-state index contributed by atoms with van der Waals surface area (Å²) in [5.74, 6) is 0. The lowest BCUT2D eigenvalue weighted by molar-refractivity contribution is -0.531. The maximum Gasteiger partial charge on any atom is 0.180 e. The number of unbranched alkanes of at least 4 members (excludes halogenated alkanes) is 16. The van der Waals surface area contributed by atoms with Crippen LogP contribution in [0.1, 0.15) is 140 Å². The Morgan fingerprint density at radius 1 is 0.535 bits per heavy atom. The molecule has 0 fully saturated rings. The third-order valence-corrected chi connectivity index (χ3v) is 7.99. The molecule has 2 rings (SSSR count). The second kappa shape index (κ2) is 28.0. The molecule has 0 atom stereocenters. The van der Waals surface area contributed by atoms with Crippen molar-refractivity contribution in [3.8, 4) is 0 Å². The average Bonchev–Trinajstić information content (AvgIpc) is 3.04. The molecule has 238 valence electrons. The Labute approximate surface area is 263 Å². The first-order valence-electron chi connectivity index (χ1n) is 17.5. The zero-order valence-electron chi connectivity index (χ0n) is 27.1. The van der Waals surface area contributed by atoms with E-state index in [9.17, 15) is 5.21 Å². The average molecular weight is 589 g/mol. The fraction of sp³-hybridized carbons (Fsp3) is 0.632. The van der Waals surface area contributed by atoms with Gasteiger partial charge in [-0.05, 0) is 92.6 Å². The van der Waals surface area contributed by atoms with E-state index in [2.05, 4.69) is 51.5 Å². The van der Waals surface area contributed by atoms with Gasteiger partial charge in [-0.2, -0.15) is 0 Å². The molecule has 43 heavy (non-hydrogen) atoms. The number of nitrogens with zero attached hydrogens (tertiary/aromatic N) is 4. The number of pyridine rings is 2. The van der Waals surface area contributed by atoms with Crippen LogP contribution in [0.25, 0.3) is 0 Å². The normalized spacial score (nSPS) is 12.1. The maximum absolute atomic E-state index is 11.9. The van der Waals surface area contributed by atoms with Crippen molar-refractivity contribution in [1.29, 1.82) is 0 Å². The molecular formula is C38H60N4O. The molecule has 0 aliphatic carbocycles. The third kappa shape index (κ3) is 23.3. The number of allylic oxidation sites excluding steroid dienone is 4. The van der Waals surface area contributed by atoms with Crippen LogP contribution in [-0.2, 0) is 12.8 Å². The Bertz CT molecular complexity index is 958. The van der Waals surface area contributed by atoms with Crippen molar-refractivity contribution < 1.29 is 4.86 Å². The largest absolute Gasteiger partial charge is 0.600 e. The van der Waals surface area contributed by atoms with Gasteiger partial charge in [-0.3, -0.25) is 9.97 Å². The van der Waals surface area contributed by atoms with E-state index < -0.39 is 0 Å². The Kier molecular flexibility index (Phi) is 23.7. The monoisotopic (exact) mass is 588 g/mol. The number of hydroxylamine groups is 1. The van der Waals surface area contributed by atoms with Crippen LogP contribution in [0.2, 0.25) is 0 Å². The van der Waals surface area contributed by atoms with Crippen molar-refractivity contribution in [2.45, 2.75) is 141 Å². The summed E-state index contributed by atoms with van der Waals surface area (Å²) in [6, 6.07) is 8.31. The summed E-state index contributed by atoms with van der Waals surface area (Å²) in [6.45, 7) is 1.25. The van der Waals surface area contributed by atoms with E-state index in [0.29, 0.717) is 13.1 Å². The van der Waals surface area contributed by atoms with E-state index >= 15 is 0 Å². The number of rotatable bonds is 28. The van der Waals surface area contributed by atoms with Crippen LogP contribution in [0.15, 0.2) is 78.5 Å². The highest BCUT2D eigenvalue weighted by molar-refractivity contribution is 5.10. The van der Waals surface area contributed by atoms with Crippen molar-refractivity contribution in [2.75, 3.05) is 13.1 Å². The molecule has 5 nitrogen and oxygen atoms in total. The van der Waals surface area contributed by atoms with E-state index in [1.54, 1.807) is 0 Å². The Morgan fingerprint density at radius 3 is 1.42 bits per heavy atom. The number of hydrogen-bond acceptors (Lipinski definition) is 4. The van der Waals surface area contributed by atoms with Crippen molar-refractivity contribution in [3.63, 3.8) is 0 Å². The minimum absolute atomic E-state index is 0.562. The molecule has 0 spiro atoms. The van der Waals surface area contributed by atoms with E-state index in [4.69, 9.17) is 0 Å². The molecule has 2 aromatic rings. The van der Waals surface area contributed by atoms with Gasteiger partial charge in [0.2, 0.25) is 0 Å². The topological polar surface area (TPSA) is 64.2 Å². The number of azo groups is 1. The van der Waals surface area contributed by atoms with Gasteiger partial charge in [-0.25, -0.2) is 0 Å². The number of aromatic nitrogens is 2. The summed E-state index contributed by atoms with van der Waals surface area (Å²) < 4.78 is 0. The van der Waals surface area contributed by atoms with Crippen molar-refractivity contribution in [3.05, 3.63) is 89.7 Å². The van der Waals surface area contributed by atoms with Gasteiger partial charge >= 0.3 is 0 Å². The predicted octanol–water partition coefficient (Wildman–Crippen LogP) is 11.1. The first-order valence-corrected chi connectivity index (χ1v) is 17.5. The van der Waals surface area contributed by atoms with E-state index in [0.717, 1.165) is 49.8 Å². The molecule has 0 unspecified atom stereocenters. The molecule has 2 aromatic heterocycles. The molecule has 5 heteroatoms. The molecular weight excluding hydrogens is 528 g/mol. The summed E-state index contributed by atoms with van der Waals surface area (Å²) in [4.78, 5) is 9.27. The van der Waals surface area contributed by atoms with Crippen LogP contribution in [0.5, 0.6) is 0 Å². The Morgan fingerprint density at radius 2 is 0.953 bits per heavy atom. The molecule has 0 radical (unpaired) electrons. The van der Waals surface area contributed by atoms with Crippen LogP contribution in [0.3, 0.4) is 0 Å². The zero-order valence-corrected chi connectivity index (χ0v) is 27.1. The fourth-order valence-electron chi connectivity index (χ4n) is 5.32. The lowest BCUT2D eigenvalue weighted by atomic mass is 10.1. The highest BCUT2D eigenvalue weighted by Gasteiger charge is 1.99. The van der Waals surface area contributed by atoms with Crippen LogP contribution in [0.4, 0.5) is 0 Å². The highest BCUT2D eigenvalue weighted by atomic mass is 16.5. The van der Waals surface area contributed by atoms with Gasteiger partial charge in [-0.15, -0.1) is 0 Å². The summed E-state index contributed by atoms with van der Waals surface area (Å²) in [7, 11) is 0. The molecule has 0 bridgehead atoms. The van der Waals surface area contributed by atoms with Crippen molar-refractivity contribution in [1.82, 2.24) is 9.97 Å². The quantitative estimate of drug-likeness (QED) is 0.0326. The van der Waals surface area contributed by atoms with E-state index in [-0.39, 0.29) is 0 Å². The van der Waals surface area contributed by atoms with Crippen molar-refractivity contribution >= 4 is 0 Å². The van der Waals surface area contributed by atoms with Gasteiger partial charge in [0.05, 0.1) is 0 Å². The second-order valence-electron chi connectivity index (χ2n) is 11.9. The minimum atomic E-state index is 0.562. The molecule has 0 saturated heterocycles. The fourth-order valence-corrected chi connectivity index (χ4v) is 5.32. The molecule has 0 N–H and O–H groups in total. The first-order chi connectivity index (χ1) is 21.3. The smallest absolute Gasteiger partial charge is 0.180 e. The van der Waals surface area contributed by atoms with Crippen LogP contribution >= 0.6 is 0 Å². The number of hydrogen-bond donors (Lipinski definition) is 0. The minimum Gasteiger partial charge on any atom is -0.600 e. The molecule has 0 amide bonds. The molecule has 0 aromatic carbocycles. The molecule has 0 aliphatic heterocycles. The highest BCUT2D eigenvalue weighted by Crippen LogP contribution is 2.12. The molecule has 0 saturated carbocycles. The zero-order chi connectivity index (χ0) is 30.3. The Hall–Kier alpha value is -2.82. The molecule has 2 heterocycles. The van der Waals surface area contributed by atoms with Gasteiger partial charge < -0.3 is 5.21 Å². The van der Waals surface area contributed by atoms with Crippen molar-refractivity contribution in [2.24, 2.45) is 5.11 Å². The summed E-state index contributed by atoms with van der Waals surface area (Å²) in [5, 5.41) is 16.1. The first kappa shape index (κ1) is 36.4. The SMILES string of the molecule is [O-][N+](CCCCCCCCCCC=CCCc1cccnc1)=NCCCCCCCCCCC=CCCc1cccnc1. The van der Waals surface area contributed by atoms with Crippen LogP contribution in [-0.4, -0.2) is 27.9 Å². The maximum atomic E-state index is 11.9. The van der Waals surface area contributed by atoms with Crippen LogP contribution < -0.4 is 0 Å². The molecule has 0 aliphatic rings. The van der Waals surface area contributed by atoms with Gasteiger partial charge in [0.25, 0.3) is 0 Å². The standard InChI is InChI=1S/C38H60N4O/c43-42(34-24-20-16-12-8-4-2-6-10-14-18-22-28-38-30-26-32-40-36-38)41-33-23-19-15-11-7-3-1-5-9-13-17-21-27-37-29-25-31-39-35-37/h13-14,17-18,25-26,29-32,35-36H,1-12,15-16,19-24,27-28,33-34H2. The van der Waals surface area contributed by atoms with Gasteiger partial charge in [0.15, 0.2) is 6.54 Å². The lowest BCUT2D eigenvalue weighted by Gasteiger charge is -2.03. The van der Waals surface area contributed by atoms with E-state index in [1.165, 1.54) is 107 Å². The predicted molar refractivity (Wildman–Crippen MR) is 182 cm³/mol. The number of aryl methyl sites for hydroxylation is 2. The Balaban J connectivity index is 1.24. The summed E-state index contributed by atoms with van der Waals surface area (Å²) in [5.41, 5.74) is 2.63. The summed E-state index contributed by atoms with van der Waals surface area (Å²) in [6.07, 6.45) is 43.7. The lowest BCUT2D eigenvalue weighted by Crippen LogP contribution is -2.04. The van der Waals surface area contributed by atoms with Gasteiger partial charge in [0, 0.05) is 31.2 Å². The van der Waals surface area contributed by atoms with E-state index in [1.807, 2.05) is 36.9 Å². The second-order valence-corrected chi connectivity index (χ2v) is 11.9.